The molecule has 160 valence electrons. The lowest BCUT2D eigenvalue weighted by molar-refractivity contribution is 0.351. The van der Waals surface area contributed by atoms with Gasteiger partial charge in [-0.3, -0.25) is 4.90 Å². The Kier molecular flexibility index (Phi) is 6.48. The van der Waals surface area contributed by atoms with Crippen LogP contribution in [0.2, 0.25) is 0 Å². The first-order valence-corrected chi connectivity index (χ1v) is 10.7. The number of anilines is 3. The molecule has 31 heavy (non-hydrogen) atoms. The molecule has 0 atom stereocenters. The number of hydrogen-bond acceptors (Lipinski definition) is 6. The van der Waals surface area contributed by atoms with Gasteiger partial charge in [-0.05, 0) is 41.3 Å². The summed E-state index contributed by atoms with van der Waals surface area (Å²) in [6.07, 6.45) is 7.29. The van der Waals surface area contributed by atoms with Crippen molar-refractivity contribution >= 4 is 17.5 Å². The van der Waals surface area contributed by atoms with Crippen molar-refractivity contribution in [3.63, 3.8) is 0 Å². The number of benzene rings is 2. The summed E-state index contributed by atoms with van der Waals surface area (Å²) in [7, 11) is 4.11. The molecule has 6 nitrogen and oxygen atoms in total. The van der Waals surface area contributed by atoms with Gasteiger partial charge in [0.2, 0.25) is 5.95 Å². The van der Waals surface area contributed by atoms with Gasteiger partial charge < -0.3 is 16.0 Å². The zero-order valence-electron chi connectivity index (χ0n) is 18.3. The quantitative estimate of drug-likeness (QED) is 0.427. The van der Waals surface area contributed by atoms with E-state index in [-0.39, 0.29) is 5.95 Å². The highest BCUT2D eigenvalue weighted by Crippen LogP contribution is 2.31. The molecule has 0 spiro atoms. The average molecular weight is 415 g/mol. The van der Waals surface area contributed by atoms with Crippen LogP contribution >= 0.6 is 0 Å². The predicted molar refractivity (Wildman–Crippen MR) is 130 cm³/mol. The van der Waals surface area contributed by atoms with Crippen LogP contribution < -0.4 is 16.0 Å². The van der Waals surface area contributed by atoms with Gasteiger partial charge in [0.1, 0.15) is 5.82 Å². The van der Waals surface area contributed by atoms with E-state index in [0.717, 1.165) is 55.1 Å². The molecule has 1 aromatic heterocycles. The SMILES string of the molecule is CN(C)c1cccc(-c2cccc(-c3cnc(N)nc3NCCCN3CC=CC3)c2)c1. The standard InChI is InChI=1S/C25H30N6/c1-30(2)22-11-6-9-20(17-22)19-8-5-10-21(16-19)23-18-28-25(26)29-24(23)27-12-7-15-31-13-3-4-14-31/h3-6,8-11,16-18H,7,12-15H2,1-2H3,(H3,26,27,28,29). The Morgan fingerprint density at radius 2 is 1.71 bits per heavy atom. The van der Waals surface area contributed by atoms with Crippen LogP contribution in [0, 0.1) is 0 Å². The minimum Gasteiger partial charge on any atom is -0.378 e. The third-order valence-corrected chi connectivity index (χ3v) is 5.51. The molecule has 2 heterocycles. The smallest absolute Gasteiger partial charge is 0.221 e. The summed E-state index contributed by atoms with van der Waals surface area (Å²) < 4.78 is 0. The summed E-state index contributed by atoms with van der Waals surface area (Å²) in [5, 5.41) is 3.47. The van der Waals surface area contributed by atoms with E-state index in [0.29, 0.717) is 0 Å². The molecule has 0 aliphatic carbocycles. The van der Waals surface area contributed by atoms with Crippen LogP contribution in [-0.4, -0.2) is 55.1 Å². The lowest BCUT2D eigenvalue weighted by Crippen LogP contribution is -2.23. The molecule has 0 bridgehead atoms. The first kappa shape index (κ1) is 20.9. The first-order chi connectivity index (χ1) is 15.1. The second-order valence-electron chi connectivity index (χ2n) is 8.03. The summed E-state index contributed by atoms with van der Waals surface area (Å²) in [4.78, 5) is 13.3. The number of hydrogen-bond donors (Lipinski definition) is 2. The number of nitrogens with two attached hydrogens (primary N) is 1. The maximum Gasteiger partial charge on any atom is 0.221 e. The van der Waals surface area contributed by atoms with Crippen LogP contribution in [-0.2, 0) is 0 Å². The molecular weight excluding hydrogens is 384 g/mol. The van der Waals surface area contributed by atoms with Crippen LogP contribution in [0.5, 0.6) is 0 Å². The minimum atomic E-state index is 0.282. The highest BCUT2D eigenvalue weighted by Gasteiger charge is 2.11. The molecule has 0 saturated carbocycles. The van der Waals surface area contributed by atoms with Gasteiger partial charge in [-0.25, -0.2) is 4.98 Å². The Balaban J connectivity index is 1.53. The summed E-state index contributed by atoms with van der Waals surface area (Å²) in [6.45, 7) is 4.00. The van der Waals surface area contributed by atoms with Crippen molar-refractivity contribution in [2.24, 2.45) is 0 Å². The van der Waals surface area contributed by atoms with Crippen LogP contribution in [0.4, 0.5) is 17.5 Å². The van der Waals surface area contributed by atoms with Crippen molar-refractivity contribution in [1.29, 1.82) is 0 Å². The molecule has 3 N–H and O–H groups in total. The molecule has 4 rings (SSSR count). The third-order valence-electron chi connectivity index (χ3n) is 5.51. The number of nitrogens with one attached hydrogen (secondary N) is 1. The first-order valence-electron chi connectivity index (χ1n) is 10.7. The van der Waals surface area contributed by atoms with Gasteiger partial charge in [0.15, 0.2) is 0 Å². The normalized spacial score (nSPS) is 13.5. The van der Waals surface area contributed by atoms with Crippen molar-refractivity contribution in [2.45, 2.75) is 6.42 Å². The van der Waals surface area contributed by atoms with Gasteiger partial charge in [-0.1, -0.05) is 42.5 Å². The van der Waals surface area contributed by atoms with Crippen LogP contribution in [0.3, 0.4) is 0 Å². The molecule has 0 saturated heterocycles. The fourth-order valence-corrected chi connectivity index (χ4v) is 3.79. The van der Waals surface area contributed by atoms with Gasteiger partial charge in [0.25, 0.3) is 0 Å². The second-order valence-corrected chi connectivity index (χ2v) is 8.03. The topological polar surface area (TPSA) is 70.3 Å². The van der Waals surface area contributed by atoms with E-state index in [4.69, 9.17) is 5.73 Å². The van der Waals surface area contributed by atoms with Crippen molar-refractivity contribution in [2.75, 3.05) is 56.2 Å². The number of rotatable bonds is 8. The van der Waals surface area contributed by atoms with Gasteiger partial charge in [-0.2, -0.15) is 4.98 Å². The molecule has 1 aliphatic rings. The van der Waals surface area contributed by atoms with E-state index in [2.05, 4.69) is 99.9 Å². The van der Waals surface area contributed by atoms with Gasteiger partial charge in [-0.15, -0.1) is 0 Å². The summed E-state index contributed by atoms with van der Waals surface area (Å²) in [5.74, 6) is 1.07. The number of nitrogens with zero attached hydrogens (tertiary/aromatic N) is 4. The lowest BCUT2D eigenvalue weighted by atomic mass is 9.99. The minimum absolute atomic E-state index is 0.282. The molecule has 2 aromatic carbocycles. The maximum absolute atomic E-state index is 5.89. The molecule has 0 fully saturated rings. The van der Waals surface area contributed by atoms with Gasteiger partial charge in [0, 0.05) is 57.7 Å². The van der Waals surface area contributed by atoms with E-state index in [9.17, 15) is 0 Å². The molecule has 0 unspecified atom stereocenters. The fraction of sp³-hybridized carbons (Fsp3) is 0.280. The maximum atomic E-state index is 5.89. The van der Waals surface area contributed by atoms with Gasteiger partial charge >= 0.3 is 0 Å². The van der Waals surface area contributed by atoms with Crippen molar-refractivity contribution in [1.82, 2.24) is 14.9 Å². The monoisotopic (exact) mass is 414 g/mol. The lowest BCUT2D eigenvalue weighted by Gasteiger charge is -2.16. The molecule has 6 heteroatoms. The highest BCUT2D eigenvalue weighted by molar-refractivity contribution is 5.80. The second kappa shape index (κ2) is 9.62. The average Bonchev–Trinajstić information content (AvgIpc) is 3.31. The fourth-order valence-electron chi connectivity index (χ4n) is 3.79. The number of aromatic nitrogens is 2. The molecule has 0 amide bonds. The summed E-state index contributed by atoms with van der Waals surface area (Å²) in [5.41, 5.74) is 11.4. The van der Waals surface area contributed by atoms with Crippen molar-refractivity contribution in [3.05, 3.63) is 66.9 Å². The predicted octanol–water partition coefficient (Wildman–Crippen LogP) is 4.13. The Hall–Kier alpha value is -3.38. The number of nitrogen functional groups attached to an aromatic ring is 1. The zero-order valence-corrected chi connectivity index (χ0v) is 18.3. The summed E-state index contributed by atoms with van der Waals surface area (Å²) in [6, 6.07) is 17.0. The molecule has 0 radical (unpaired) electrons. The van der Waals surface area contributed by atoms with Crippen LogP contribution in [0.1, 0.15) is 6.42 Å². The van der Waals surface area contributed by atoms with Gasteiger partial charge in [0.05, 0.1) is 0 Å². The van der Waals surface area contributed by atoms with Crippen molar-refractivity contribution in [3.8, 4) is 22.3 Å². The Morgan fingerprint density at radius 1 is 1.00 bits per heavy atom. The zero-order chi connectivity index (χ0) is 21.6. The molecular formula is C25H30N6. The molecule has 1 aliphatic heterocycles. The molecule has 3 aromatic rings. The van der Waals surface area contributed by atoms with E-state index < -0.39 is 0 Å². The highest BCUT2D eigenvalue weighted by atomic mass is 15.1. The summed E-state index contributed by atoms with van der Waals surface area (Å²) >= 11 is 0. The largest absolute Gasteiger partial charge is 0.378 e. The van der Waals surface area contributed by atoms with E-state index >= 15 is 0 Å². The Bertz CT molecular complexity index is 1050. The third kappa shape index (κ3) is 5.22. The van der Waals surface area contributed by atoms with Crippen LogP contribution in [0.25, 0.3) is 22.3 Å². The Labute approximate surface area is 184 Å². The Morgan fingerprint density at radius 3 is 2.48 bits per heavy atom. The van der Waals surface area contributed by atoms with E-state index in [1.807, 2.05) is 6.20 Å². The van der Waals surface area contributed by atoms with E-state index in [1.54, 1.807) is 0 Å². The van der Waals surface area contributed by atoms with Crippen LogP contribution in [0.15, 0.2) is 66.9 Å². The van der Waals surface area contributed by atoms with E-state index in [1.165, 1.54) is 11.3 Å². The van der Waals surface area contributed by atoms with Crippen molar-refractivity contribution < 1.29 is 0 Å².